The Morgan fingerprint density at radius 3 is 2.80 bits per heavy atom. The van der Waals surface area contributed by atoms with Gasteiger partial charge in [-0.1, -0.05) is 18.2 Å². The van der Waals surface area contributed by atoms with E-state index in [-0.39, 0.29) is 0 Å². The molecule has 1 heterocycles. The summed E-state index contributed by atoms with van der Waals surface area (Å²) < 4.78 is 0. The first-order chi connectivity index (χ1) is 12.2. The van der Waals surface area contributed by atoms with Crippen LogP contribution in [0, 0.1) is 5.92 Å². The molecule has 1 saturated carbocycles. The van der Waals surface area contributed by atoms with Gasteiger partial charge < -0.3 is 20.5 Å². The number of aromatic amines is 1. The highest BCUT2D eigenvalue weighted by Gasteiger charge is 2.32. The number of aliphatic imine (C=N–C) groups is 1. The minimum absolute atomic E-state index is 0.559. The Morgan fingerprint density at radius 1 is 1.28 bits per heavy atom. The van der Waals surface area contributed by atoms with Crippen molar-refractivity contribution in [1.29, 1.82) is 0 Å². The van der Waals surface area contributed by atoms with Gasteiger partial charge in [-0.15, -0.1) is 0 Å². The van der Waals surface area contributed by atoms with Crippen LogP contribution in [0.3, 0.4) is 0 Å². The number of rotatable bonds is 8. The Hall–Kier alpha value is -2.01. The second kappa shape index (κ2) is 8.39. The summed E-state index contributed by atoms with van der Waals surface area (Å²) in [4.78, 5) is 10.5. The summed E-state index contributed by atoms with van der Waals surface area (Å²) >= 11 is 0. The lowest BCUT2D eigenvalue weighted by molar-refractivity contribution is 0.271. The van der Waals surface area contributed by atoms with Crippen molar-refractivity contribution in [3.05, 3.63) is 36.0 Å². The zero-order chi connectivity index (χ0) is 17.6. The summed E-state index contributed by atoms with van der Waals surface area (Å²) in [6, 6.07) is 9.02. The molecule has 0 amide bonds. The van der Waals surface area contributed by atoms with Crippen molar-refractivity contribution < 1.29 is 0 Å². The first kappa shape index (κ1) is 17.8. The third-order valence-electron chi connectivity index (χ3n) is 4.97. The van der Waals surface area contributed by atoms with Crippen molar-refractivity contribution in [1.82, 2.24) is 20.5 Å². The molecule has 1 aliphatic rings. The molecule has 0 spiro atoms. The average Bonchev–Trinajstić information content (AvgIpc) is 3.35. The lowest BCUT2D eigenvalue weighted by Crippen LogP contribution is -2.40. The maximum atomic E-state index is 4.82. The number of likely N-dealkylation sites (N-methyl/N-ethyl adjacent to an activating group) is 1. The Morgan fingerprint density at radius 2 is 2.08 bits per heavy atom. The van der Waals surface area contributed by atoms with Crippen LogP contribution in [0.25, 0.3) is 10.9 Å². The van der Waals surface area contributed by atoms with Gasteiger partial charge >= 0.3 is 0 Å². The summed E-state index contributed by atoms with van der Waals surface area (Å²) in [6.45, 7) is 4.74. The van der Waals surface area contributed by atoms with Crippen molar-refractivity contribution in [3.8, 4) is 0 Å². The number of H-pyrrole nitrogens is 1. The smallest absolute Gasteiger partial charge is 0.191 e. The molecule has 0 radical (unpaired) electrons. The van der Waals surface area contributed by atoms with E-state index >= 15 is 0 Å². The molecule has 3 N–H and O–H groups in total. The molecule has 0 saturated heterocycles. The molecule has 1 unspecified atom stereocenters. The Kier molecular flexibility index (Phi) is 5.97. The van der Waals surface area contributed by atoms with Crippen LogP contribution in [0.1, 0.15) is 25.3 Å². The van der Waals surface area contributed by atoms with Gasteiger partial charge in [-0.25, -0.2) is 0 Å². The van der Waals surface area contributed by atoms with E-state index in [1.54, 1.807) is 0 Å². The maximum Gasteiger partial charge on any atom is 0.191 e. The molecule has 2 aromatic rings. The second-order valence-corrected chi connectivity index (χ2v) is 7.12. The maximum absolute atomic E-state index is 4.82. The SMILES string of the molecule is CCNC(=NCC(C1CC1)N(C)C)NCCc1c[nH]c2ccccc12. The van der Waals surface area contributed by atoms with E-state index in [0.29, 0.717) is 6.04 Å². The third kappa shape index (κ3) is 4.75. The predicted octanol–water partition coefficient (Wildman–Crippen LogP) is 2.61. The molecule has 0 aliphatic heterocycles. The molecule has 1 aromatic carbocycles. The fourth-order valence-electron chi connectivity index (χ4n) is 3.40. The summed E-state index contributed by atoms with van der Waals surface area (Å²) in [6.07, 6.45) is 5.80. The number of nitrogens with zero attached hydrogens (tertiary/aromatic N) is 2. The van der Waals surface area contributed by atoms with E-state index < -0.39 is 0 Å². The second-order valence-electron chi connectivity index (χ2n) is 7.12. The standard InChI is InChI=1S/C20H31N5/c1-4-21-20(24-14-19(25(2)3)15-9-10-15)22-12-11-16-13-23-18-8-6-5-7-17(16)18/h5-8,13,15,19,23H,4,9-12,14H2,1-3H3,(H2,21,22,24). The first-order valence-electron chi connectivity index (χ1n) is 9.42. The Labute approximate surface area is 150 Å². The highest BCUT2D eigenvalue weighted by molar-refractivity contribution is 5.83. The number of guanidine groups is 1. The van der Waals surface area contributed by atoms with Crippen LogP contribution in [0.2, 0.25) is 0 Å². The summed E-state index contributed by atoms with van der Waals surface area (Å²) in [5, 5.41) is 8.16. The van der Waals surface area contributed by atoms with E-state index in [4.69, 9.17) is 4.99 Å². The molecule has 25 heavy (non-hydrogen) atoms. The van der Waals surface area contributed by atoms with Crippen molar-refractivity contribution in [2.75, 3.05) is 33.7 Å². The quantitative estimate of drug-likeness (QED) is 0.511. The molecule has 0 bridgehead atoms. The molecule has 136 valence electrons. The summed E-state index contributed by atoms with van der Waals surface area (Å²) in [7, 11) is 4.33. The van der Waals surface area contributed by atoms with Gasteiger partial charge in [0.15, 0.2) is 5.96 Å². The highest BCUT2D eigenvalue weighted by Crippen LogP contribution is 2.34. The van der Waals surface area contributed by atoms with E-state index in [1.807, 2.05) is 0 Å². The molecular formula is C20H31N5. The molecule has 3 rings (SSSR count). The van der Waals surface area contributed by atoms with Gasteiger partial charge in [0, 0.05) is 36.2 Å². The van der Waals surface area contributed by atoms with E-state index in [0.717, 1.165) is 37.9 Å². The lowest BCUT2D eigenvalue weighted by atomic mass is 10.1. The molecular weight excluding hydrogens is 310 g/mol. The molecule has 1 aromatic heterocycles. The molecule has 5 heteroatoms. The minimum Gasteiger partial charge on any atom is -0.361 e. The fraction of sp³-hybridized carbons (Fsp3) is 0.550. The zero-order valence-corrected chi connectivity index (χ0v) is 15.7. The number of hydrogen-bond acceptors (Lipinski definition) is 2. The summed E-state index contributed by atoms with van der Waals surface area (Å²) in [5.74, 6) is 1.75. The number of fused-ring (bicyclic) bond motifs is 1. The monoisotopic (exact) mass is 341 g/mol. The minimum atomic E-state index is 0.559. The van der Waals surface area contributed by atoms with Crippen molar-refractivity contribution in [3.63, 3.8) is 0 Å². The van der Waals surface area contributed by atoms with E-state index in [1.165, 1.54) is 29.3 Å². The van der Waals surface area contributed by atoms with Gasteiger partial charge in [-0.3, -0.25) is 4.99 Å². The van der Waals surface area contributed by atoms with Crippen molar-refractivity contribution in [2.45, 2.75) is 32.2 Å². The molecule has 1 aliphatic carbocycles. The first-order valence-corrected chi connectivity index (χ1v) is 9.42. The zero-order valence-electron chi connectivity index (χ0n) is 15.7. The predicted molar refractivity (Wildman–Crippen MR) is 106 cm³/mol. The largest absolute Gasteiger partial charge is 0.361 e. The van der Waals surface area contributed by atoms with Gasteiger partial charge in [-0.05, 0) is 57.8 Å². The van der Waals surface area contributed by atoms with Crippen molar-refractivity contribution >= 4 is 16.9 Å². The average molecular weight is 342 g/mol. The van der Waals surface area contributed by atoms with Crippen LogP contribution in [0.4, 0.5) is 0 Å². The van der Waals surface area contributed by atoms with Gasteiger partial charge in [0.25, 0.3) is 0 Å². The van der Waals surface area contributed by atoms with Gasteiger partial charge in [0.2, 0.25) is 0 Å². The van der Waals surface area contributed by atoms with Gasteiger partial charge in [-0.2, -0.15) is 0 Å². The highest BCUT2D eigenvalue weighted by atomic mass is 15.2. The summed E-state index contributed by atoms with van der Waals surface area (Å²) in [5.41, 5.74) is 2.56. The number of hydrogen-bond donors (Lipinski definition) is 3. The van der Waals surface area contributed by atoms with Crippen LogP contribution in [0.15, 0.2) is 35.5 Å². The van der Waals surface area contributed by atoms with Gasteiger partial charge in [0.05, 0.1) is 6.54 Å². The lowest BCUT2D eigenvalue weighted by Gasteiger charge is -2.23. The molecule has 1 atom stereocenters. The van der Waals surface area contributed by atoms with Crippen LogP contribution < -0.4 is 10.6 Å². The van der Waals surface area contributed by atoms with Crippen LogP contribution >= 0.6 is 0 Å². The Bertz CT molecular complexity index is 697. The van der Waals surface area contributed by atoms with Gasteiger partial charge in [0.1, 0.15) is 0 Å². The molecule has 5 nitrogen and oxygen atoms in total. The Balaban J connectivity index is 1.55. The number of benzene rings is 1. The molecule has 1 fully saturated rings. The topological polar surface area (TPSA) is 55.5 Å². The van der Waals surface area contributed by atoms with Crippen LogP contribution in [-0.4, -0.2) is 55.6 Å². The normalized spacial score (nSPS) is 16.4. The van der Waals surface area contributed by atoms with Crippen LogP contribution in [0.5, 0.6) is 0 Å². The third-order valence-corrected chi connectivity index (χ3v) is 4.97. The number of aromatic nitrogens is 1. The van der Waals surface area contributed by atoms with E-state index in [9.17, 15) is 0 Å². The van der Waals surface area contributed by atoms with E-state index in [2.05, 4.69) is 72.0 Å². The number of nitrogens with one attached hydrogen (secondary N) is 3. The van der Waals surface area contributed by atoms with Crippen molar-refractivity contribution in [2.24, 2.45) is 10.9 Å². The number of para-hydroxylation sites is 1. The fourth-order valence-corrected chi connectivity index (χ4v) is 3.40. The van der Waals surface area contributed by atoms with Crippen LogP contribution in [-0.2, 0) is 6.42 Å².